The van der Waals surface area contributed by atoms with E-state index in [9.17, 15) is 13.2 Å². The molecule has 0 aromatic heterocycles. The normalized spacial score (nSPS) is 11.2. The Morgan fingerprint density at radius 3 is 2.17 bits per heavy atom. The van der Waals surface area contributed by atoms with Gasteiger partial charge in [0.25, 0.3) is 15.9 Å². The summed E-state index contributed by atoms with van der Waals surface area (Å²) in [4.78, 5) is 12.9. The number of halogens is 1. The largest absolute Gasteiger partial charge is 0.322 e. The molecule has 7 heteroatoms. The maximum Gasteiger partial charge on any atom is 0.264 e. The number of anilines is 2. The van der Waals surface area contributed by atoms with E-state index in [4.69, 9.17) is 11.6 Å². The van der Waals surface area contributed by atoms with E-state index < -0.39 is 10.0 Å². The Balaban J connectivity index is 1.85. The van der Waals surface area contributed by atoms with E-state index in [0.717, 1.165) is 11.1 Å². The highest BCUT2D eigenvalue weighted by molar-refractivity contribution is 7.92. The number of carbonyl (C=O) groups is 1. The maximum absolute atomic E-state index is 13.0. The molecule has 0 unspecified atom stereocenters. The lowest BCUT2D eigenvalue weighted by molar-refractivity contribution is 0.102. The van der Waals surface area contributed by atoms with Gasteiger partial charge >= 0.3 is 0 Å². The van der Waals surface area contributed by atoms with Gasteiger partial charge in [0.15, 0.2) is 0 Å². The summed E-state index contributed by atoms with van der Waals surface area (Å²) < 4.78 is 27.1. The Hall–Kier alpha value is -2.83. The third-order valence-corrected chi connectivity index (χ3v) is 6.94. The van der Waals surface area contributed by atoms with E-state index in [2.05, 4.69) is 5.32 Å². The highest BCUT2D eigenvalue weighted by Gasteiger charge is 2.23. The predicted molar refractivity (Wildman–Crippen MR) is 122 cm³/mol. The minimum atomic E-state index is -3.70. The van der Waals surface area contributed by atoms with Crippen LogP contribution in [0.3, 0.4) is 0 Å². The first-order chi connectivity index (χ1) is 14.1. The van der Waals surface area contributed by atoms with Crippen molar-refractivity contribution in [2.75, 3.05) is 16.7 Å². The van der Waals surface area contributed by atoms with Crippen molar-refractivity contribution in [2.45, 2.75) is 25.7 Å². The van der Waals surface area contributed by atoms with Gasteiger partial charge in [-0.15, -0.1) is 0 Å². The number of carbonyl (C=O) groups excluding carboxylic acids is 1. The summed E-state index contributed by atoms with van der Waals surface area (Å²) in [6, 6.07) is 16.9. The standard InChI is InChI=1S/C23H23ClN2O3S/c1-15-5-9-20(10-6-15)30(28,29)26(4)22-12-7-18(13-17(22)3)23(27)25-21-11-8-19(24)14-16(21)2/h5-14H,1-4H3,(H,25,27). The average Bonchev–Trinajstić information content (AvgIpc) is 2.69. The third kappa shape index (κ3) is 4.50. The quantitative estimate of drug-likeness (QED) is 0.579. The lowest BCUT2D eigenvalue weighted by Gasteiger charge is -2.22. The van der Waals surface area contributed by atoms with Gasteiger partial charge in [-0.1, -0.05) is 29.3 Å². The summed E-state index contributed by atoms with van der Waals surface area (Å²) >= 11 is 5.96. The van der Waals surface area contributed by atoms with Crippen LogP contribution in [0.15, 0.2) is 65.6 Å². The van der Waals surface area contributed by atoms with Crippen molar-refractivity contribution in [1.29, 1.82) is 0 Å². The van der Waals surface area contributed by atoms with Crippen LogP contribution >= 0.6 is 11.6 Å². The molecule has 3 aromatic carbocycles. The molecule has 0 fully saturated rings. The number of hydrogen-bond acceptors (Lipinski definition) is 3. The van der Waals surface area contributed by atoms with E-state index in [0.29, 0.717) is 27.5 Å². The third-order valence-electron chi connectivity index (χ3n) is 4.91. The van der Waals surface area contributed by atoms with Crippen molar-refractivity contribution in [3.8, 4) is 0 Å². The molecule has 3 rings (SSSR count). The van der Waals surface area contributed by atoms with Crippen LogP contribution in [-0.4, -0.2) is 21.4 Å². The van der Waals surface area contributed by atoms with Crippen molar-refractivity contribution >= 4 is 38.9 Å². The molecule has 0 spiro atoms. The van der Waals surface area contributed by atoms with Gasteiger partial charge in [0.05, 0.1) is 10.6 Å². The number of aryl methyl sites for hydroxylation is 3. The average molecular weight is 443 g/mol. The Bertz CT molecular complexity index is 1210. The van der Waals surface area contributed by atoms with Crippen LogP contribution < -0.4 is 9.62 Å². The van der Waals surface area contributed by atoms with Crippen LogP contribution in [0.5, 0.6) is 0 Å². The van der Waals surface area contributed by atoms with Crippen LogP contribution in [0.25, 0.3) is 0 Å². The fourth-order valence-electron chi connectivity index (χ4n) is 3.11. The number of rotatable bonds is 5. The van der Waals surface area contributed by atoms with Crippen LogP contribution in [0.2, 0.25) is 5.02 Å². The fraction of sp³-hybridized carbons (Fsp3) is 0.174. The topological polar surface area (TPSA) is 66.5 Å². The van der Waals surface area contributed by atoms with Gasteiger partial charge in [-0.25, -0.2) is 8.42 Å². The Kier molecular flexibility index (Phi) is 6.19. The van der Waals surface area contributed by atoms with Gasteiger partial charge in [-0.3, -0.25) is 9.10 Å². The number of nitrogens with zero attached hydrogens (tertiary/aromatic N) is 1. The smallest absolute Gasteiger partial charge is 0.264 e. The molecule has 1 N–H and O–H groups in total. The molecule has 0 saturated carbocycles. The first-order valence-corrected chi connectivity index (χ1v) is 11.1. The number of nitrogens with one attached hydrogen (secondary N) is 1. The van der Waals surface area contributed by atoms with Gasteiger partial charge < -0.3 is 5.32 Å². The summed E-state index contributed by atoms with van der Waals surface area (Å²) in [6.07, 6.45) is 0. The molecule has 1 amide bonds. The van der Waals surface area contributed by atoms with Crippen molar-refractivity contribution in [3.05, 3.63) is 87.9 Å². The minimum Gasteiger partial charge on any atom is -0.322 e. The highest BCUT2D eigenvalue weighted by Crippen LogP contribution is 2.27. The Morgan fingerprint density at radius 2 is 1.57 bits per heavy atom. The maximum atomic E-state index is 13.0. The van der Waals surface area contributed by atoms with Gasteiger partial charge in [0.1, 0.15) is 0 Å². The molecular weight excluding hydrogens is 420 g/mol. The molecule has 0 aliphatic carbocycles. The second kappa shape index (κ2) is 8.50. The minimum absolute atomic E-state index is 0.218. The number of benzene rings is 3. The second-order valence-corrected chi connectivity index (χ2v) is 9.61. The zero-order chi connectivity index (χ0) is 22.1. The van der Waals surface area contributed by atoms with Crippen LogP contribution in [-0.2, 0) is 10.0 Å². The molecule has 0 bridgehead atoms. The molecule has 0 atom stereocenters. The van der Waals surface area contributed by atoms with Gasteiger partial charge in [0.2, 0.25) is 0 Å². The zero-order valence-electron chi connectivity index (χ0n) is 17.2. The molecule has 156 valence electrons. The summed E-state index contributed by atoms with van der Waals surface area (Å²) in [7, 11) is -2.19. The molecule has 0 heterocycles. The first kappa shape index (κ1) is 21.9. The molecule has 0 saturated heterocycles. The molecule has 5 nitrogen and oxygen atoms in total. The second-order valence-electron chi connectivity index (χ2n) is 7.20. The molecule has 30 heavy (non-hydrogen) atoms. The van der Waals surface area contributed by atoms with E-state index in [1.54, 1.807) is 67.6 Å². The van der Waals surface area contributed by atoms with Crippen molar-refractivity contribution in [3.63, 3.8) is 0 Å². The van der Waals surface area contributed by atoms with Gasteiger partial charge in [-0.2, -0.15) is 0 Å². The molecule has 0 aliphatic heterocycles. The predicted octanol–water partition coefficient (Wildman–Crippen LogP) is 5.34. The Morgan fingerprint density at radius 1 is 0.900 bits per heavy atom. The van der Waals surface area contributed by atoms with E-state index in [1.807, 2.05) is 13.8 Å². The number of amides is 1. The molecule has 3 aromatic rings. The summed E-state index contributed by atoms with van der Waals surface area (Å²) in [5.74, 6) is -0.279. The number of hydrogen-bond donors (Lipinski definition) is 1. The summed E-state index contributed by atoms with van der Waals surface area (Å²) in [6.45, 7) is 5.54. The van der Waals surface area contributed by atoms with Gasteiger partial charge in [-0.05, 0) is 80.4 Å². The lowest BCUT2D eigenvalue weighted by Crippen LogP contribution is -2.27. The van der Waals surface area contributed by atoms with E-state index in [1.165, 1.54) is 11.4 Å². The zero-order valence-corrected chi connectivity index (χ0v) is 18.8. The monoisotopic (exact) mass is 442 g/mol. The molecule has 0 radical (unpaired) electrons. The first-order valence-electron chi connectivity index (χ1n) is 9.33. The number of sulfonamides is 1. The fourth-order valence-corrected chi connectivity index (χ4v) is 4.60. The summed E-state index contributed by atoms with van der Waals surface area (Å²) in [5, 5.41) is 3.46. The van der Waals surface area contributed by atoms with Crippen molar-refractivity contribution in [1.82, 2.24) is 0 Å². The van der Waals surface area contributed by atoms with E-state index in [-0.39, 0.29) is 10.8 Å². The van der Waals surface area contributed by atoms with Crippen molar-refractivity contribution in [2.24, 2.45) is 0 Å². The van der Waals surface area contributed by atoms with Crippen LogP contribution in [0.4, 0.5) is 11.4 Å². The van der Waals surface area contributed by atoms with Crippen molar-refractivity contribution < 1.29 is 13.2 Å². The SMILES string of the molecule is Cc1ccc(S(=O)(=O)N(C)c2ccc(C(=O)Nc3ccc(Cl)cc3C)cc2C)cc1. The molecular formula is C23H23ClN2O3S. The highest BCUT2D eigenvalue weighted by atomic mass is 35.5. The Labute approximate surface area is 182 Å². The summed E-state index contributed by atoms with van der Waals surface area (Å²) in [5.41, 5.74) is 4.13. The lowest BCUT2D eigenvalue weighted by atomic mass is 10.1. The van der Waals surface area contributed by atoms with Crippen LogP contribution in [0.1, 0.15) is 27.0 Å². The molecule has 0 aliphatic rings. The van der Waals surface area contributed by atoms with E-state index >= 15 is 0 Å². The van der Waals surface area contributed by atoms with Crippen LogP contribution in [0, 0.1) is 20.8 Å². The van der Waals surface area contributed by atoms with Gasteiger partial charge in [0, 0.05) is 23.3 Å².